The molecule has 0 bridgehead atoms. The Hall–Kier alpha value is -1.53. The van der Waals surface area contributed by atoms with Gasteiger partial charge in [0.05, 0.1) is 25.4 Å². The van der Waals surface area contributed by atoms with E-state index < -0.39 is 24.4 Å². The second kappa shape index (κ2) is 10.4. The SMILES string of the molecule is CCCSc1nc(N(C(C)C)C(C)C)c2nnn([C@@H]3C[C@H](OCCO)[C@@H](O)[C@H]3O)c2n1. The largest absolute Gasteiger partial charge is 0.394 e. The first-order valence-electron chi connectivity index (χ1n) is 10.9. The first-order chi connectivity index (χ1) is 14.8. The Bertz CT molecular complexity index is 856. The maximum Gasteiger partial charge on any atom is 0.191 e. The van der Waals surface area contributed by atoms with Crippen LogP contribution in [0.2, 0.25) is 0 Å². The van der Waals surface area contributed by atoms with Gasteiger partial charge in [-0.05, 0) is 34.1 Å². The molecule has 0 unspecified atom stereocenters. The monoisotopic (exact) mass is 454 g/mol. The van der Waals surface area contributed by atoms with Crippen molar-refractivity contribution in [1.82, 2.24) is 25.0 Å². The first kappa shape index (κ1) is 24.1. The topological polar surface area (TPSA) is 130 Å². The number of fused-ring (bicyclic) bond motifs is 1. The van der Waals surface area contributed by atoms with Crippen molar-refractivity contribution in [2.45, 2.75) is 89.1 Å². The number of hydrogen-bond acceptors (Lipinski definition) is 10. The highest BCUT2D eigenvalue weighted by molar-refractivity contribution is 7.99. The second-order valence-electron chi connectivity index (χ2n) is 8.40. The molecule has 0 saturated heterocycles. The molecule has 1 aliphatic carbocycles. The summed E-state index contributed by atoms with van der Waals surface area (Å²) in [6.45, 7) is 10.5. The molecule has 0 amide bonds. The van der Waals surface area contributed by atoms with Crippen LogP contribution >= 0.6 is 11.8 Å². The van der Waals surface area contributed by atoms with Crippen LogP contribution in [0.3, 0.4) is 0 Å². The predicted molar refractivity (Wildman–Crippen MR) is 119 cm³/mol. The standard InChI is InChI=1S/C20H34N6O4S/c1-6-9-31-20-21-18(25(11(2)3)12(4)5)15-19(22-20)26(24-23-15)13-10-14(30-8-7-27)17(29)16(13)28/h11-14,16-17,27-29H,6-10H2,1-5H3/t13-,14+,16+,17-/m1/s1. The van der Waals surface area contributed by atoms with E-state index in [4.69, 9.17) is 19.8 Å². The molecule has 3 N–H and O–H groups in total. The molecule has 2 heterocycles. The Morgan fingerprint density at radius 1 is 1.16 bits per heavy atom. The number of thioether (sulfide) groups is 1. The summed E-state index contributed by atoms with van der Waals surface area (Å²) < 4.78 is 7.10. The molecular formula is C20H34N6O4S. The van der Waals surface area contributed by atoms with Crippen LogP contribution in [-0.2, 0) is 4.74 Å². The highest BCUT2D eigenvalue weighted by Gasteiger charge is 2.44. The molecular weight excluding hydrogens is 420 g/mol. The van der Waals surface area contributed by atoms with E-state index in [0.29, 0.717) is 22.7 Å². The van der Waals surface area contributed by atoms with E-state index in [1.165, 1.54) is 0 Å². The summed E-state index contributed by atoms with van der Waals surface area (Å²) in [5, 5.41) is 39.5. The van der Waals surface area contributed by atoms with Gasteiger partial charge < -0.3 is 25.0 Å². The molecule has 0 aliphatic heterocycles. The average molecular weight is 455 g/mol. The fourth-order valence-electron chi connectivity index (χ4n) is 4.12. The molecule has 1 aliphatic rings. The van der Waals surface area contributed by atoms with Crippen LogP contribution in [-0.4, -0.2) is 89.6 Å². The third kappa shape index (κ3) is 4.95. The fraction of sp³-hybridized carbons (Fsp3) is 0.800. The zero-order chi connectivity index (χ0) is 22.7. The first-order valence-corrected chi connectivity index (χ1v) is 11.9. The number of rotatable bonds is 10. The van der Waals surface area contributed by atoms with Gasteiger partial charge in [-0.2, -0.15) is 0 Å². The van der Waals surface area contributed by atoms with Crippen LogP contribution in [0.25, 0.3) is 11.2 Å². The third-order valence-corrected chi connectivity index (χ3v) is 6.47. The van der Waals surface area contributed by atoms with Crippen LogP contribution in [0, 0.1) is 0 Å². The summed E-state index contributed by atoms with van der Waals surface area (Å²) in [7, 11) is 0. The van der Waals surface area contributed by atoms with E-state index >= 15 is 0 Å². The van der Waals surface area contributed by atoms with Gasteiger partial charge in [-0.1, -0.05) is 23.9 Å². The number of anilines is 1. The van der Waals surface area contributed by atoms with Crippen molar-refractivity contribution in [1.29, 1.82) is 0 Å². The Labute approximate surface area is 187 Å². The molecule has 1 fully saturated rings. The maximum atomic E-state index is 10.7. The summed E-state index contributed by atoms with van der Waals surface area (Å²) >= 11 is 1.58. The summed E-state index contributed by atoms with van der Waals surface area (Å²) in [6, 6.07) is -0.146. The predicted octanol–water partition coefficient (Wildman–Crippen LogP) is 1.39. The lowest BCUT2D eigenvalue weighted by Crippen LogP contribution is -2.38. The van der Waals surface area contributed by atoms with Crippen molar-refractivity contribution < 1.29 is 20.1 Å². The van der Waals surface area contributed by atoms with Crippen molar-refractivity contribution in [3.05, 3.63) is 0 Å². The third-order valence-electron chi connectivity index (χ3n) is 5.41. The van der Waals surface area contributed by atoms with Crippen LogP contribution < -0.4 is 4.90 Å². The zero-order valence-corrected chi connectivity index (χ0v) is 19.7. The number of aliphatic hydroxyl groups is 3. The molecule has 10 nitrogen and oxygen atoms in total. The van der Waals surface area contributed by atoms with Crippen LogP contribution in [0.4, 0.5) is 5.82 Å². The smallest absolute Gasteiger partial charge is 0.191 e. The summed E-state index contributed by atoms with van der Waals surface area (Å²) in [5.41, 5.74) is 1.11. The van der Waals surface area contributed by atoms with Crippen LogP contribution in [0.5, 0.6) is 0 Å². The highest BCUT2D eigenvalue weighted by Crippen LogP contribution is 2.36. The van der Waals surface area contributed by atoms with E-state index in [-0.39, 0.29) is 25.3 Å². The average Bonchev–Trinajstić information content (AvgIpc) is 3.26. The molecule has 11 heteroatoms. The highest BCUT2D eigenvalue weighted by atomic mass is 32.2. The van der Waals surface area contributed by atoms with Gasteiger partial charge in [0, 0.05) is 24.3 Å². The minimum Gasteiger partial charge on any atom is -0.394 e. The molecule has 0 aromatic carbocycles. The summed E-state index contributed by atoms with van der Waals surface area (Å²) in [6.07, 6.45) is -1.41. The van der Waals surface area contributed by atoms with E-state index in [2.05, 4.69) is 49.8 Å². The van der Waals surface area contributed by atoms with E-state index in [1.807, 2.05) is 0 Å². The van der Waals surface area contributed by atoms with Gasteiger partial charge >= 0.3 is 0 Å². The Kier molecular flexibility index (Phi) is 8.08. The quantitative estimate of drug-likeness (QED) is 0.358. The Balaban J connectivity index is 2.07. The molecule has 0 radical (unpaired) electrons. The van der Waals surface area contributed by atoms with E-state index in [9.17, 15) is 10.2 Å². The lowest BCUT2D eigenvalue weighted by molar-refractivity contribution is -0.0629. The van der Waals surface area contributed by atoms with Gasteiger partial charge in [0.1, 0.15) is 12.2 Å². The fourth-order valence-corrected chi connectivity index (χ4v) is 4.81. The normalized spacial score (nSPS) is 24.1. The maximum absolute atomic E-state index is 10.7. The Morgan fingerprint density at radius 2 is 1.87 bits per heavy atom. The zero-order valence-electron chi connectivity index (χ0n) is 18.8. The van der Waals surface area contributed by atoms with Crippen molar-refractivity contribution in [3.63, 3.8) is 0 Å². The van der Waals surface area contributed by atoms with Crippen molar-refractivity contribution in [2.75, 3.05) is 23.9 Å². The number of ether oxygens (including phenoxy) is 1. The molecule has 174 valence electrons. The summed E-state index contributed by atoms with van der Waals surface area (Å²) in [4.78, 5) is 11.7. The summed E-state index contributed by atoms with van der Waals surface area (Å²) in [5.74, 6) is 1.61. The number of aromatic nitrogens is 5. The van der Waals surface area contributed by atoms with Crippen molar-refractivity contribution in [3.8, 4) is 0 Å². The minimum absolute atomic E-state index is 0.0983. The molecule has 1 saturated carbocycles. The van der Waals surface area contributed by atoms with Gasteiger partial charge in [0.2, 0.25) is 0 Å². The van der Waals surface area contributed by atoms with E-state index in [1.54, 1.807) is 16.4 Å². The molecule has 3 rings (SSSR count). The van der Waals surface area contributed by atoms with E-state index in [0.717, 1.165) is 18.0 Å². The second-order valence-corrected chi connectivity index (χ2v) is 9.46. The lowest BCUT2D eigenvalue weighted by atomic mass is 10.2. The number of aliphatic hydroxyl groups excluding tert-OH is 3. The van der Waals surface area contributed by atoms with Gasteiger partial charge in [-0.25, -0.2) is 14.6 Å². The van der Waals surface area contributed by atoms with Gasteiger partial charge in [-0.15, -0.1) is 5.10 Å². The van der Waals surface area contributed by atoms with Crippen molar-refractivity contribution >= 4 is 28.7 Å². The van der Waals surface area contributed by atoms with Gasteiger partial charge in [0.25, 0.3) is 0 Å². The number of hydrogen-bond donors (Lipinski definition) is 3. The molecule has 31 heavy (non-hydrogen) atoms. The molecule has 2 aromatic rings. The van der Waals surface area contributed by atoms with Gasteiger partial charge in [-0.3, -0.25) is 0 Å². The lowest BCUT2D eigenvalue weighted by Gasteiger charge is -2.32. The van der Waals surface area contributed by atoms with Crippen LogP contribution in [0.15, 0.2) is 5.16 Å². The molecule has 2 aromatic heterocycles. The Morgan fingerprint density at radius 3 is 2.48 bits per heavy atom. The van der Waals surface area contributed by atoms with Crippen LogP contribution in [0.1, 0.15) is 53.5 Å². The minimum atomic E-state index is -1.08. The number of nitrogens with zero attached hydrogens (tertiary/aromatic N) is 6. The van der Waals surface area contributed by atoms with Gasteiger partial charge in [0.15, 0.2) is 22.1 Å². The molecule has 4 atom stereocenters. The molecule has 0 spiro atoms. The van der Waals surface area contributed by atoms with Crippen molar-refractivity contribution in [2.24, 2.45) is 0 Å².